The van der Waals surface area contributed by atoms with Crippen LogP contribution in [0.3, 0.4) is 0 Å². The molecule has 1 saturated heterocycles. The Bertz CT molecular complexity index is 297. The second-order valence-corrected chi connectivity index (χ2v) is 4.21. The third kappa shape index (κ3) is 2.32. The summed E-state index contributed by atoms with van der Waals surface area (Å²) >= 11 is 0. The topological polar surface area (TPSA) is 42.2 Å². The van der Waals surface area contributed by atoms with E-state index in [1.54, 1.807) is 0 Å². The van der Waals surface area contributed by atoms with E-state index in [9.17, 15) is 0 Å². The van der Waals surface area contributed by atoms with Gasteiger partial charge in [0.25, 0.3) is 0 Å². The highest BCUT2D eigenvalue weighted by Crippen LogP contribution is 2.16. The minimum absolute atomic E-state index is 0.657. The number of aromatic nitrogens is 2. The van der Waals surface area contributed by atoms with Crippen molar-refractivity contribution in [3.8, 4) is 0 Å². The maximum Gasteiger partial charge on any atom is 0.223 e. The molecule has 78 valence electrons. The first-order chi connectivity index (χ1) is 6.74. The normalized spacial score (nSPS) is 24.0. The van der Waals surface area contributed by atoms with Gasteiger partial charge in [-0.3, -0.25) is 4.90 Å². The fourth-order valence-electron chi connectivity index (χ4n) is 2.04. The molecule has 0 saturated carbocycles. The molecule has 0 aromatic carbocycles. The van der Waals surface area contributed by atoms with Gasteiger partial charge in [-0.2, -0.15) is 4.98 Å². The summed E-state index contributed by atoms with van der Waals surface area (Å²) in [5.41, 5.74) is 0. The van der Waals surface area contributed by atoms with E-state index in [1.807, 2.05) is 6.92 Å². The Hall–Kier alpha value is -0.900. The Morgan fingerprint density at radius 1 is 1.57 bits per heavy atom. The maximum absolute atomic E-state index is 4.95. The molecule has 0 spiro atoms. The van der Waals surface area contributed by atoms with Gasteiger partial charge in [0.05, 0.1) is 6.54 Å². The van der Waals surface area contributed by atoms with Crippen molar-refractivity contribution in [2.45, 2.75) is 33.2 Å². The number of aryl methyl sites for hydroxylation is 1. The predicted octanol–water partition coefficient (Wildman–Crippen LogP) is 1.61. The highest BCUT2D eigenvalue weighted by molar-refractivity contribution is 4.85. The molecule has 4 heteroatoms. The third-order valence-electron chi connectivity index (χ3n) is 2.68. The fourth-order valence-corrected chi connectivity index (χ4v) is 2.04. The van der Waals surface area contributed by atoms with Crippen molar-refractivity contribution in [2.75, 3.05) is 13.1 Å². The molecule has 14 heavy (non-hydrogen) atoms. The van der Waals surface area contributed by atoms with E-state index in [4.69, 9.17) is 4.52 Å². The summed E-state index contributed by atoms with van der Waals surface area (Å²) < 4.78 is 4.95. The SMILES string of the molecule is Cc1nc(CN2CCC[C@H](C)C2)no1. The van der Waals surface area contributed by atoms with Crippen LogP contribution in [-0.4, -0.2) is 28.1 Å². The quantitative estimate of drug-likeness (QED) is 0.719. The number of rotatable bonds is 2. The largest absolute Gasteiger partial charge is 0.340 e. The van der Waals surface area contributed by atoms with E-state index in [2.05, 4.69) is 22.0 Å². The number of hydrogen-bond donors (Lipinski definition) is 0. The van der Waals surface area contributed by atoms with Gasteiger partial charge in [0.2, 0.25) is 5.89 Å². The van der Waals surface area contributed by atoms with Gasteiger partial charge in [-0.05, 0) is 25.3 Å². The Morgan fingerprint density at radius 3 is 3.07 bits per heavy atom. The number of nitrogens with zero attached hydrogens (tertiary/aromatic N) is 3. The van der Waals surface area contributed by atoms with Gasteiger partial charge in [-0.1, -0.05) is 12.1 Å². The summed E-state index contributed by atoms with van der Waals surface area (Å²) in [7, 11) is 0. The van der Waals surface area contributed by atoms with Gasteiger partial charge >= 0.3 is 0 Å². The molecule has 1 aromatic rings. The summed E-state index contributed by atoms with van der Waals surface area (Å²) in [6.07, 6.45) is 2.64. The van der Waals surface area contributed by atoms with Crippen LogP contribution in [0.15, 0.2) is 4.52 Å². The molecule has 0 bridgehead atoms. The molecule has 0 amide bonds. The first-order valence-corrected chi connectivity index (χ1v) is 5.25. The van der Waals surface area contributed by atoms with Crippen molar-refractivity contribution in [2.24, 2.45) is 5.92 Å². The number of likely N-dealkylation sites (tertiary alicyclic amines) is 1. The van der Waals surface area contributed by atoms with Gasteiger partial charge in [0.15, 0.2) is 5.82 Å². The van der Waals surface area contributed by atoms with Crippen LogP contribution in [0.5, 0.6) is 0 Å². The lowest BCUT2D eigenvalue weighted by molar-refractivity contribution is 0.171. The fraction of sp³-hybridized carbons (Fsp3) is 0.800. The van der Waals surface area contributed by atoms with Gasteiger partial charge in [-0.25, -0.2) is 0 Å². The molecule has 0 N–H and O–H groups in total. The van der Waals surface area contributed by atoms with E-state index in [1.165, 1.54) is 12.8 Å². The van der Waals surface area contributed by atoms with Crippen molar-refractivity contribution < 1.29 is 4.52 Å². The van der Waals surface area contributed by atoms with Crippen molar-refractivity contribution in [1.29, 1.82) is 0 Å². The smallest absolute Gasteiger partial charge is 0.223 e. The molecule has 1 fully saturated rings. The van der Waals surface area contributed by atoms with Crippen LogP contribution in [0.1, 0.15) is 31.5 Å². The number of piperidine rings is 1. The molecule has 0 radical (unpaired) electrons. The van der Waals surface area contributed by atoms with Crippen LogP contribution in [0, 0.1) is 12.8 Å². The number of hydrogen-bond acceptors (Lipinski definition) is 4. The Kier molecular flexibility index (Phi) is 2.82. The second-order valence-electron chi connectivity index (χ2n) is 4.21. The monoisotopic (exact) mass is 195 g/mol. The standard InChI is InChI=1S/C10H17N3O/c1-8-4-3-5-13(6-8)7-10-11-9(2)14-12-10/h8H,3-7H2,1-2H3/t8-/m0/s1. The molecular weight excluding hydrogens is 178 g/mol. The van der Waals surface area contributed by atoms with Crippen LogP contribution in [0.2, 0.25) is 0 Å². The summed E-state index contributed by atoms with van der Waals surface area (Å²) in [6.45, 7) is 7.29. The summed E-state index contributed by atoms with van der Waals surface area (Å²) in [6, 6.07) is 0. The van der Waals surface area contributed by atoms with Crippen LogP contribution >= 0.6 is 0 Å². The molecule has 4 nitrogen and oxygen atoms in total. The van der Waals surface area contributed by atoms with Gasteiger partial charge < -0.3 is 4.52 Å². The average molecular weight is 195 g/mol. The highest BCUT2D eigenvalue weighted by atomic mass is 16.5. The minimum atomic E-state index is 0.657. The van der Waals surface area contributed by atoms with Crippen LogP contribution < -0.4 is 0 Å². The van der Waals surface area contributed by atoms with E-state index < -0.39 is 0 Å². The van der Waals surface area contributed by atoms with Crippen LogP contribution in [0.4, 0.5) is 0 Å². The predicted molar refractivity (Wildman–Crippen MR) is 52.7 cm³/mol. The van der Waals surface area contributed by atoms with Crippen LogP contribution in [0.25, 0.3) is 0 Å². The zero-order valence-electron chi connectivity index (χ0n) is 8.86. The molecular formula is C10H17N3O. The minimum Gasteiger partial charge on any atom is -0.340 e. The van der Waals surface area contributed by atoms with Gasteiger partial charge in [-0.15, -0.1) is 0 Å². The Balaban J connectivity index is 1.90. The highest BCUT2D eigenvalue weighted by Gasteiger charge is 2.17. The van der Waals surface area contributed by atoms with Crippen molar-refractivity contribution in [1.82, 2.24) is 15.0 Å². The molecule has 0 aliphatic carbocycles. The zero-order valence-corrected chi connectivity index (χ0v) is 8.86. The maximum atomic E-state index is 4.95. The lowest BCUT2D eigenvalue weighted by atomic mass is 10.0. The van der Waals surface area contributed by atoms with Crippen LogP contribution in [-0.2, 0) is 6.54 Å². The lowest BCUT2D eigenvalue weighted by Crippen LogP contribution is -2.34. The molecule has 1 atom stereocenters. The molecule has 2 heterocycles. The lowest BCUT2D eigenvalue weighted by Gasteiger charge is -2.29. The van der Waals surface area contributed by atoms with E-state index in [0.29, 0.717) is 5.89 Å². The average Bonchev–Trinajstić information content (AvgIpc) is 2.51. The van der Waals surface area contributed by atoms with Crippen molar-refractivity contribution in [3.05, 3.63) is 11.7 Å². The first-order valence-electron chi connectivity index (χ1n) is 5.25. The van der Waals surface area contributed by atoms with Gasteiger partial charge in [0, 0.05) is 13.5 Å². The Labute approximate surface area is 84.3 Å². The third-order valence-corrected chi connectivity index (χ3v) is 2.68. The molecule has 0 unspecified atom stereocenters. The summed E-state index contributed by atoms with van der Waals surface area (Å²) in [5, 5.41) is 3.91. The molecule has 1 aliphatic heterocycles. The van der Waals surface area contributed by atoms with E-state index >= 15 is 0 Å². The first kappa shape index (κ1) is 9.65. The zero-order chi connectivity index (χ0) is 9.97. The van der Waals surface area contributed by atoms with E-state index in [0.717, 1.165) is 31.4 Å². The van der Waals surface area contributed by atoms with E-state index in [-0.39, 0.29) is 0 Å². The summed E-state index contributed by atoms with van der Waals surface area (Å²) in [4.78, 5) is 6.61. The Morgan fingerprint density at radius 2 is 2.43 bits per heavy atom. The second kappa shape index (κ2) is 4.09. The van der Waals surface area contributed by atoms with Gasteiger partial charge in [0.1, 0.15) is 0 Å². The van der Waals surface area contributed by atoms with Crippen molar-refractivity contribution >= 4 is 0 Å². The molecule has 1 aliphatic rings. The van der Waals surface area contributed by atoms with Crippen molar-refractivity contribution in [3.63, 3.8) is 0 Å². The summed E-state index contributed by atoms with van der Waals surface area (Å²) in [5.74, 6) is 2.28. The molecule has 2 rings (SSSR count). The molecule has 1 aromatic heterocycles.